The molecular weight excluding hydrogens is 481 g/mol. The van der Waals surface area contributed by atoms with Crippen molar-refractivity contribution in [1.29, 1.82) is 0 Å². The van der Waals surface area contributed by atoms with Crippen molar-refractivity contribution in [2.45, 2.75) is 58.1 Å². The highest BCUT2D eigenvalue weighted by atomic mass is 16.5. The molecule has 2 aromatic rings. The number of aromatic nitrogens is 1. The third-order valence-electron chi connectivity index (χ3n) is 5.36. The molecule has 0 saturated carbocycles. The third kappa shape index (κ3) is 9.66. The summed E-state index contributed by atoms with van der Waals surface area (Å²) in [4.78, 5) is 53.4. The number of hydrogen-bond acceptors (Lipinski definition) is 8. The van der Waals surface area contributed by atoms with Crippen LogP contribution in [0.1, 0.15) is 50.5 Å². The first-order valence-electron chi connectivity index (χ1n) is 11.9. The van der Waals surface area contributed by atoms with Crippen LogP contribution < -0.4 is 10.6 Å². The van der Waals surface area contributed by atoms with E-state index in [1.165, 1.54) is 13.0 Å². The molecule has 0 aliphatic heterocycles. The van der Waals surface area contributed by atoms with E-state index in [0.717, 1.165) is 5.56 Å². The topological polar surface area (TPSA) is 175 Å². The number of hydrogen-bond donors (Lipinski definition) is 5. The summed E-state index contributed by atoms with van der Waals surface area (Å²) < 4.78 is 5.21. The van der Waals surface area contributed by atoms with Crippen LogP contribution in [0, 0.1) is 5.92 Å². The maximum Gasteiger partial charge on any atom is 0.475 e. The van der Waals surface area contributed by atoms with Crippen LogP contribution in [0.4, 0.5) is 0 Å². The van der Waals surface area contributed by atoms with Crippen LogP contribution in [0.2, 0.25) is 0 Å². The Labute approximate surface area is 215 Å². The number of nitrogens with zero attached hydrogens (tertiary/aromatic N) is 1. The molecule has 0 radical (unpaired) electrons. The van der Waals surface area contributed by atoms with E-state index in [1.807, 2.05) is 44.2 Å². The Balaban J connectivity index is 2.26. The molecule has 2 amide bonds. The fourth-order valence-electron chi connectivity index (χ4n) is 3.52. The largest absolute Gasteiger partial charge is 0.481 e. The highest BCUT2D eigenvalue weighted by molar-refractivity contribution is 6.43. The van der Waals surface area contributed by atoms with Crippen molar-refractivity contribution in [3.8, 4) is 11.3 Å². The standard InChI is InChI=1S/C25H32BN3O8/c1-15(2)14-20(26(35)36)28-25(34)23(16(3)37-22(32)13-12-21(30)31)29-24(33)19-11-7-10-18(27-19)17-8-5-4-6-9-17/h4-11,15-16,20,23,35-36H,12-14H2,1-3H3,(H,28,34)(H,29,33)(H,30,31)/t16-,20+,23?/m1/s1. The van der Waals surface area contributed by atoms with E-state index >= 15 is 0 Å². The van der Waals surface area contributed by atoms with Crippen LogP contribution in [0.25, 0.3) is 11.3 Å². The van der Waals surface area contributed by atoms with Crippen LogP contribution in [-0.2, 0) is 19.1 Å². The van der Waals surface area contributed by atoms with E-state index in [2.05, 4.69) is 15.6 Å². The predicted octanol–water partition coefficient (Wildman–Crippen LogP) is 1.19. The minimum atomic E-state index is -1.86. The second-order valence-corrected chi connectivity index (χ2v) is 8.97. The molecule has 11 nitrogen and oxygen atoms in total. The zero-order valence-electron chi connectivity index (χ0n) is 21.0. The molecular formula is C25H32BN3O8. The van der Waals surface area contributed by atoms with E-state index in [4.69, 9.17) is 9.84 Å². The Morgan fingerprint density at radius 1 is 0.946 bits per heavy atom. The molecule has 37 heavy (non-hydrogen) atoms. The lowest BCUT2D eigenvalue weighted by Gasteiger charge is -2.27. The Morgan fingerprint density at radius 3 is 2.22 bits per heavy atom. The number of amides is 2. The van der Waals surface area contributed by atoms with Gasteiger partial charge in [0.2, 0.25) is 5.91 Å². The van der Waals surface area contributed by atoms with Crippen LogP contribution in [0.15, 0.2) is 48.5 Å². The van der Waals surface area contributed by atoms with Gasteiger partial charge in [-0.1, -0.05) is 50.2 Å². The normalized spacial score (nSPS) is 13.2. The van der Waals surface area contributed by atoms with Gasteiger partial charge in [0.15, 0.2) is 0 Å². The number of nitrogens with one attached hydrogen (secondary N) is 2. The van der Waals surface area contributed by atoms with Crippen LogP contribution in [-0.4, -0.2) is 69.1 Å². The Hall–Kier alpha value is -3.77. The summed E-state index contributed by atoms with van der Waals surface area (Å²) in [7, 11) is -1.86. The number of rotatable bonds is 13. The number of carbonyl (C=O) groups is 4. The number of esters is 1. The number of aliphatic carboxylic acids is 1. The summed E-state index contributed by atoms with van der Waals surface area (Å²) in [5.74, 6) is -4.63. The van der Waals surface area contributed by atoms with Gasteiger partial charge in [-0.3, -0.25) is 19.2 Å². The highest BCUT2D eigenvalue weighted by Gasteiger charge is 2.34. The molecule has 5 N–H and O–H groups in total. The van der Waals surface area contributed by atoms with Crippen molar-refractivity contribution in [2.24, 2.45) is 5.92 Å². The first-order chi connectivity index (χ1) is 17.5. The quantitative estimate of drug-likeness (QED) is 0.195. The van der Waals surface area contributed by atoms with Gasteiger partial charge in [-0.2, -0.15) is 0 Å². The van der Waals surface area contributed by atoms with Gasteiger partial charge in [0, 0.05) is 5.56 Å². The highest BCUT2D eigenvalue weighted by Crippen LogP contribution is 2.17. The Bertz CT molecular complexity index is 1080. The molecule has 1 aromatic carbocycles. The molecule has 3 atom stereocenters. The molecule has 0 spiro atoms. The van der Waals surface area contributed by atoms with Crippen molar-refractivity contribution >= 4 is 30.9 Å². The predicted molar refractivity (Wildman–Crippen MR) is 135 cm³/mol. The molecule has 2 rings (SSSR count). The second kappa shape index (κ2) is 14.1. The van der Waals surface area contributed by atoms with Crippen molar-refractivity contribution in [3.05, 3.63) is 54.2 Å². The molecule has 0 fully saturated rings. The van der Waals surface area contributed by atoms with Crippen LogP contribution >= 0.6 is 0 Å². The van der Waals surface area contributed by atoms with E-state index in [0.29, 0.717) is 5.69 Å². The van der Waals surface area contributed by atoms with Gasteiger partial charge >= 0.3 is 19.1 Å². The van der Waals surface area contributed by atoms with Crippen LogP contribution in [0.5, 0.6) is 0 Å². The summed E-state index contributed by atoms with van der Waals surface area (Å²) in [6.45, 7) is 5.03. The first kappa shape index (κ1) is 29.5. The fraction of sp³-hybridized carbons (Fsp3) is 0.400. The zero-order chi connectivity index (χ0) is 27.5. The van der Waals surface area contributed by atoms with Crippen molar-refractivity contribution in [3.63, 3.8) is 0 Å². The maximum absolute atomic E-state index is 13.1. The molecule has 198 valence electrons. The van der Waals surface area contributed by atoms with Gasteiger partial charge in [-0.15, -0.1) is 0 Å². The first-order valence-corrected chi connectivity index (χ1v) is 11.9. The second-order valence-electron chi connectivity index (χ2n) is 8.97. The van der Waals surface area contributed by atoms with Gasteiger partial charge in [0.05, 0.1) is 24.5 Å². The van der Waals surface area contributed by atoms with E-state index in [-0.39, 0.29) is 18.0 Å². The third-order valence-corrected chi connectivity index (χ3v) is 5.36. The average Bonchev–Trinajstić information content (AvgIpc) is 2.85. The Kier molecular flexibility index (Phi) is 11.2. The number of carbonyl (C=O) groups excluding carboxylic acids is 3. The molecule has 1 aromatic heterocycles. The molecule has 1 heterocycles. The summed E-state index contributed by atoms with van der Waals surface area (Å²) in [6, 6.07) is 12.5. The summed E-state index contributed by atoms with van der Waals surface area (Å²) in [6.07, 6.45) is -1.86. The number of carboxylic acids is 1. The van der Waals surface area contributed by atoms with Crippen LogP contribution in [0.3, 0.4) is 0 Å². The van der Waals surface area contributed by atoms with Crippen molar-refractivity contribution < 1.29 is 39.1 Å². The molecule has 0 bridgehead atoms. The maximum atomic E-state index is 13.1. The van der Waals surface area contributed by atoms with Crippen molar-refractivity contribution in [2.75, 3.05) is 0 Å². The summed E-state index contributed by atoms with van der Waals surface area (Å²) >= 11 is 0. The molecule has 0 saturated heterocycles. The van der Waals surface area contributed by atoms with Gasteiger partial charge in [0.1, 0.15) is 17.8 Å². The average molecular weight is 513 g/mol. The smallest absolute Gasteiger partial charge is 0.475 e. The molecule has 0 aliphatic rings. The molecule has 12 heteroatoms. The zero-order valence-corrected chi connectivity index (χ0v) is 21.0. The van der Waals surface area contributed by atoms with E-state index < -0.39 is 61.8 Å². The number of benzene rings is 1. The number of carboxylic acid groups (broad SMARTS) is 1. The number of ether oxygens (including phenoxy) is 1. The minimum absolute atomic E-state index is 0.00415. The summed E-state index contributed by atoms with van der Waals surface area (Å²) in [5, 5.41) is 33.2. The minimum Gasteiger partial charge on any atom is -0.481 e. The van der Waals surface area contributed by atoms with Crippen molar-refractivity contribution in [1.82, 2.24) is 15.6 Å². The van der Waals surface area contributed by atoms with E-state index in [1.54, 1.807) is 12.1 Å². The SMILES string of the molecule is CC(C)C[C@H](NC(=O)C(NC(=O)c1cccc(-c2ccccc2)n1)[C@@H](C)OC(=O)CCC(=O)O)B(O)O. The lowest BCUT2D eigenvalue weighted by atomic mass is 9.75. The summed E-state index contributed by atoms with van der Waals surface area (Å²) in [5.41, 5.74) is 1.31. The van der Waals surface area contributed by atoms with Gasteiger partial charge in [-0.25, -0.2) is 4.98 Å². The Morgan fingerprint density at radius 2 is 1.62 bits per heavy atom. The molecule has 1 unspecified atom stereocenters. The molecule has 0 aliphatic carbocycles. The monoisotopic (exact) mass is 513 g/mol. The lowest BCUT2D eigenvalue weighted by Crippen LogP contribution is -2.58. The van der Waals surface area contributed by atoms with Gasteiger partial charge < -0.3 is 30.5 Å². The fourth-order valence-corrected chi connectivity index (χ4v) is 3.52. The van der Waals surface area contributed by atoms with E-state index in [9.17, 15) is 29.2 Å². The number of pyridine rings is 1. The lowest BCUT2D eigenvalue weighted by molar-refractivity contribution is -0.153. The van der Waals surface area contributed by atoms with Gasteiger partial charge in [0.25, 0.3) is 5.91 Å². The van der Waals surface area contributed by atoms with Gasteiger partial charge in [-0.05, 0) is 31.4 Å².